The first-order valence-electron chi connectivity index (χ1n) is 10.7. The zero-order valence-corrected chi connectivity index (χ0v) is 18.0. The van der Waals surface area contributed by atoms with Crippen LogP contribution in [0.1, 0.15) is 24.0 Å². The number of aryl methyl sites for hydroxylation is 2. The van der Waals surface area contributed by atoms with Crippen LogP contribution >= 0.6 is 0 Å². The molecule has 2 aromatic carbocycles. The average molecular weight is 414 g/mol. The quantitative estimate of drug-likeness (QED) is 0.640. The molecule has 6 heteroatoms. The smallest absolute Gasteiger partial charge is 0.220 e. The van der Waals surface area contributed by atoms with Gasteiger partial charge in [0.15, 0.2) is 11.6 Å². The summed E-state index contributed by atoms with van der Waals surface area (Å²) in [6.07, 6.45) is 1.82. The van der Waals surface area contributed by atoms with E-state index in [1.165, 1.54) is 24.4 Å². The largest absolute Gasteiger partial charge is 0.494 e. The monoisotopic (exact) mass is 413 g/mol. The zero-order chi connectivity index (χ0) is 21.3. The molecule has 1 saturated heterocycles. The molecule has 1 N–H and O–H groups in total. The summed E-state index contributed by atoms with van der Waals surface area (Å²) in [7, 11) is 1.44. The second kappa shape index (κ2) is 11.0. The van der Waals surface area contributed by atoms with Gasteiger partial charge < -0.3 is 15.0 Å². The summed E-state index contributed by atoms with van der Waals surface area (Å²) in [5.41, 5.74) is 3.40. The number of amides is 1. The van der Waals surface area contributed by atoms with Crippen molar-refractivity contribution in [2.45, 2.75) is 26.2 Å². The summed E-state index contributed by atoms with van der Waals surface area (Å²) in [6.45, 7) is 7.96. The van der Waals surface area contributed by atoms with E-state index in [9.17, 15) is 9.18 Å². The average Bonchev–Trinajstić information content (AvgIpc) is 2.76. The lowest BCUT2D eigenvalue weighted by molar-refractivity contribution is -0.121. The van der Waals surface area contributed by atoms with Gasteiger partial charge in [-0.25, -0.2) is 4.39 Å². The van der Waals surface area contributed by atoms with Gasteiger partial charge in [-0.05, 0) is 61.7 Å². The first-order chi connectivity index (χ1) is 14.5. The predicted molar refractivity (Wildman–Crippen MR) is 119 cm³/mol. The number of methoxy groups -OCH3 is 1. The number of halogens is 1. The van der Waals surface area contributed by atoms with Crippen molar-refractivity contribution in [1.29, 1.82) is 0 Å². The summed E-state index contributed by atoms with van der Waals surface area (Å²) >= 11 is 0. The van der Waals surface area contributed by atoms with Gasteiger partial charge >= 0.3 is 0 Å². The second-order valence-electron chi connectivity index (χ2n) is 7.84. The molecule has 0 unspecified atom stereocenters. The summed E-state index contributed by atoms with van der Waals surface area (Å²) in [5.74, 6) is -0.156. The van der Waals surface area contributed by atoms with Gasteiger partial charge in [0.2, 0.25) is 5.91 Å². The van der Waals surface area contributed by atoms with Crippen molar-refractivity contribution in [3.05, 3.63) is 59.4 Å². The maximum absolute atomic E-state index is 13.7. The number of hydrogen-bond donors (Lipinski definition) is 1. The number of nitrogens with zero attached hydrogens (tertiary/aromatic N) is 2. The molecule has 0 aromatic heterocycles. The fourth-order valence-corrected chi connectivity index (χ4v) is 3.80. The molecule has 0 bridgehead atoms. The Morgan fingerprint density at radius 1 is 1.13 bits per heavy atom. The van der Waals surface area contributed by atoms with Crippen LogP contribution in [-0.2, 0) is 11.2 Å². The molecule has 2 aromatic rings. The summed E-state index contributed by atoms with van der Waals surface area (Å²) in [6, 6.07) is 13.5. The Morgan fingerprint density at radius 2 is 1.93 bits per heavy atom. The summed E-state index contributed by atoms with van der Waals surface area (Å²) in [4.78, 5) is 16.9. The Balaban J connectivity index is 1.29. The van der Waals surface area contributed by atoms with Crippen molar-refractivity contribution in [2.24, 2.45) is 0 Å². The van der Waals surface area contributed by atoms with Gasteiger partial charge in [0.25, 0.3) is 0 Å². The molecular weight excluding hydrogens is 381 g/mol. The van der Waals surface area contributed by atoms with Crippen LogP contribution in [0.4, 0.5) is 10.1 Å². The Bertz CT molecular complexity index is 835. The first kappa shape index (κ1) is 22.1. The molecule has 0 spiro atoms. The maximum Gasteiger partial charge on any atom is 0.220 e. The summed E-state index contributed by atoms with van der Waals surface area (Å²) < 4.78 is 18.6. The molecule has 1 amide bonds. The van der Waals surface area contributed by atoms with Gasteiger partial charge in [0.1, 0.15) is 0 Å². The number of hydrogen-bond acceptors (Lipinski definition) is 4. The molecule has 1 aliphatic rings. The first-order valence-corrected chi connectivity index (χ1v) is 10.7. The molecule has 5 nitrogen and oxygen atoms in total. The molecule has 0 atom stereocenters. The van der Waals surface area contributed by atoms with E-state index < -0.39 is 5.82 Å². The highest BCUT2D eigenvalue weighted by Crippen LogP contribution is 2.19. The number of carbonyl (C=O) groups excluding carboxylic acids is 1. The van der Waals surface area contributed by atoms with Crippen LogP contribution < -0.4 is 15.0 Å². The molecule has 1 aliphatic heterocycles. The standard InChI is InChI=1S/C24H32FN3O2/c1-19-5-3-6-21(17-19)28-15-13-27(14-16-28)12-4-11-26-24(29)10-8-20-7-9-23(30-2)22(25)18-20/h3,5-7,9,17-18H,4,8,10-16H2,1-2H3,(H,26,29). The topological polar surface area (TPSA) is 44.8 Å². The van der Waals surface area contributed by atoms with Crippen molar-refractivity contribution in [2.75, 3.05) is 51.3 Å². The Hall–Kier alpha value is -2.60. The van der Waals surface area contributed by atoms with Gasteiger partial charge in [-0.3, -0.25) is 9.69 Å². The molecule has 3 rings (SSSR count). The van der Waals surface area contributed by atoms with E-state index in [2.05, 4.69) is 46.3 Å². The molecule has 30 heavy (non-hydrogen) atoms. The third-order valence-corrected chi connectivity index (χ3v) is 5.57. The number of ether oxygens (including phenoxy) is 1. The van der Waals surface area contributed by atoms with E-state index in [-0.39, 0.29) is 11.7 Å². The molecule has 1 fully saturated rings. The van der Waals surface area contributed by atoms with Crippen LogP contribution in [0.15, 0.2) is 42.5 Å². The maximum atomic E-state index is 13.7. The SMILES string of the molecule is COc1ccc(CCC(=O)NCCCN2CCN(c3cccc(C)c3)CC2)cc1F. The molecule has 1 heterocycles. The van der Waals surface area contributed by atoms with Crippen molar-refractivity contribution in [1.82, 2.24) is 10.2 Å². The van der Waals surface area contributed by atoms with Gasteiger partial charge in [-0.1, -0.05) is 18.2 Å². The number of carbonyl (C=O) groups is 1. The van der Waals surface area contributed by atoms with Gasteiger partial charge in [0, 0.05) is 44.8 Å². The van der Waals surface area contributed by atoms with E-state index in [0.717, 1.165) is 44.7 Å². The van der Waals surface area contributed by atoms with E-state index in [4.69, 9.17) is 4.74 Å². The van der Waals surface area contributed by atoms with Crippen LogP contribution in [-0.4, -0.2) is 57.2 Å². The molecular formula is C24H32FN3O2. The normalized spacial score (nSPS) is 14.6. The fraction of sp³-hybridized carbons (Fsp3) is 0.458. The van der Waals surface area contributed by atoms with Crippen molar-refractivity contribution >= 4 is 11.6 Å². The van der Waals surface area contributed by atoms with Crippen LogP contribution in [0.25, 0.3) is 0 Å². The predicted octanol–water partition coefficient (Wildman–Crippen LogP) is 3.40. The minimum absolute atomic E-state index is 0.00972. The van der Waals surface area contributed by atoms with E-state index in [0.29, 0.717) is 19.4 Å². The lowest BCUT2D eigenvalue weighted by atomic mass is 10.1. The minimum Gasteiger partial charge on any atom is -0.494 e. The van der Waals surface area contributed by atoms with Crippen molar-refractivity contribution in [3.63, 3.8) is 0 Å². The van der Waals surface area contributed by atoms with Gasteiger partial charge in [0.05, 0.1) is 7.11 Å². The van der Waals surface area contributed by atoms with E-state index in [1.54, 1.807) is 12.1 Å². The number of rotatable bonds is 9. The highest BCUT2D eigenvalue weighted by Gasteiger charge is 2.16. The molecule has 0 saturated carbocycles. The Morgan fingerprint density at radius 3 is 2.63 bits per heavy atom. The summed E-state index contributed by atoms with van der Waals surface area (Å²) in [5, 5.41) is 2.98. The van der Waals surface area contributed by atoms with Crippen LogP contribution in [0, 0.1) is 12.7 Å². The Kier molecular flexibility index (Phi) is 8.08. The minimum atomic E-state index is -0.391. The van der Waals surface area contributed by atoms with Crippen LogP contribution in [0.3, 0.4) is 0 Å². The van der Waals surface area contributed by atoms with Gasteiger partial charge in [-0.2, -0.15) is 0 Å². The van der Waals surface area contributed by atoms with Crippen LogP contribution in [0.2, 0.25) is 0 Å². The lowest BCUT2D eigenvalue weighted by Gasteiger charge is -2.36. The van der Waals surface area contributed by atoms with Crippen molar-refractivity contribution in [3.8, 4) is 5.75 Å². The Labute approximate surface area is 178 Å². The molecule has 0 radical (unpaired) electrons. The number of nitrogens with one attached hydrogen (secondary N) is 1. The van der Waals surface area contributed by atoms with Crippen molar-refractivity contribution < 1.29 is 13.9 Å². The third kappa shape index (κ3) is 6.46. The number of anilines is 1. The van der Waals surface area contributed by atoms with E-state index in [1.807, 2.05) is 0 Å². The zero-order valence-electron chi connectivity index (χ0n) is 18.0. The molecule has 162 valence electrons. The van der Waals surface area contributed by atoms with Gasteiger partial charge in [-0.15, -0.1) is 0 Å². The van der Waals surface area contributed by atoms with Crippen LogP contribution in [0.5, 0.6) is 5.75 Å². The number of piperazine rings is 1. The highest BCUT2D eigenvalue weighted by atomic mass is 19.1. The lowest BCUT2D eigenvalue weighted by Crippen LogP contribution is -2.47. The fourth-order valence-electron chi connectivity index (χ4n) is 3.80. The number of benzene rings is 2. The second-order valence-corrected chi connectivity index (χ2v) is 7.84. The third-order valence-electron chi connectivity index (χ3n) is 5.57. The molecule has 0 aliphatic carbocycles. The van der Waals surface area contributed by atoms with E-state index >= 15 is 0 Å². The highest BCUT2D eigenvalue weighted by molar-refractivity contribution is 5.76.